The topological polar surface area (TPSA) is 17.1 Å². The minimum absolute atomic E-state index is 0.0775. The summed E-state index contributed by atoms with van der Waals surface area (Å²) in [5.74, 6) is 0.0775. The molecular formula is C10H11BrOS. The number of hydrogen-bond acceptors (Lipinski definition) is 2. The van der Waals surface area contributed by atoms with E-state index in [0.717, 1.165) is 10.5 Å². The lowest BCUT2D eigenvalue weighted by atomic mass is 10.1. The maximum atomic E-state index is 11.6. The largest absolute Gasteiger partial charge is 0.293 e. The molecule has 0 fully saturated rings. The van der Waals surface area contributed by atoms with Gasteiger partial charge in [-0.2, -0.15) is 0 Å². The molecule has 1 aromatic carbocycles. The van der Waals surface area contributed by atoms with E-state index in [2.05, 4.69) is 28.6 Å². The monoisotopic (exact) mass is 258 g/mol. The van der Waals surface area contributed by atoms with Crippen molar-refractivity contribution < 1.29 is 4.79 Å². The molecule has 0 aliphatic carbocycles. The van der Waals surface area contributed by atoms with Crippen molar-refractivity contribution in [3.8, 4) is 0 Å². The summed E-state index contributed by atoms with van der Waals surface area (Å²) in [7, 11) is 0. The molecule has 0 N–H and O–H groups in total. The average molecular weight is 259 g/mol. The summed E-state index contributed by atoms with van der Waals surface area (Å²) in [5, 5.41) is 0. The highest BCUT2D eigenvalue weighted by molar-refractivity contribution is 9.10. The Morgan fingerprint density at radius 3 is 2.69 bits per heavy atom. The lowest BCUT2D eigenvalue weighted by molar-refractivity contribution is 0.0993. The fourth-order valence-corrected chi connectivity index (χ4v) is 1.58. The van der Waals surface area contributed by atoms with E-state index in [-0.39, 0.29) is 10.6 Å². The van der Waals surface area contributed by atoms with Crippen LogP contribution in [0.4, 0.5) is 0 Å². The van der Waals surface area contributed by atoms with Gasteiger partial charge in [-0.3, -0.25) is 4.79 Å². The van der Waals surface area contributed by atoms with Gasteiger partial charge in [0.15, 0.2) is 5.78 Å². The highest BCUT2D eigenvalue weighted by Crippen LogP contribution is 2.21. The number of benzene rings is 1. The van der Waals surface area contributed by atoms with Crippen LogP contribution in [-0.4, -0.2) is 10.6 Å². The third-order valence-electron chi connectivity index (χ3n) is 1.86. The third-order valence-corrected chi connectivity index (χ3v) is 2.87. The zero-order valence-electron chi connectivity index (χ0n) is 7.54. The predicted molar refractivity (Wildman–Crippen MR) is 61.2 cm³/mol. The molecule has 0 bridgehead atoms. The van der Waals surface area contributed by atoms with E-state index in [1.54, 1.807) is 6.07 Å². The van der Waals surface area contributed by atoms with Crippen LogP contribution in [-0.2, 0) is 0 Å². The van der Waals surface area contributed by atoms with Gasteiger partial charge < -0.3 is 0 Å². The van der Waals surface area contributed by atoms with Gasteiger partial charge in [-0.15, -0.1) is 12.6 Å². The Hall–Kier alpha value is -0.280. The van der Waals surface area contributed by atoms with Crippen LogP contribution in [0.1, 0.15) is 22.8 Å². The molecule has 0 radical (unpaired) electrons. The number of thiol groups is 1. The van der Waals surface area contributed by atoms with Crippen LogP contribution in [0.2, 0.25) is 0 Å². The molecule has 1 unspecified atom stereocenters. The second-order valence-corrected chi connectivity index (χ2v) is 4.77. The molecule has 13 heavy (non-hydrogen) atoms. The number of Topliss-reactive ketones (excluding diaryl/α,β-unsaturated/α-hetero) is 1. The molecule has 0 saturated heterocycles. The summed E-state index contributed by atoms with van der Waals surface area (Å²) in [6.45, 7) is 3.76. The summed E-state index contributed by atoms with van der Waals surface area (Å²) in [6.07, 6.45) is 0. The number of ketones is 1. The molecule has 1 rings (SSSR count). The van der Waals surface area contributed by atoms with Crippen molar-refractivity contribution >= 4 is 34.3 Å². The van der Waals surface area contributed by atoms with Crippen molar-refractivity contribution in [1.82, 2.24) is 0 Å². The Kier molecular flexibility index (Phi) is 3.56. The first-order valence-electron chi connectivity index (χ1n) is 4.01. The molecule has 0 aromatic heterocycles. The van der Waals surface area contributed by atoms with Gasteiger partial charge in [0.2, 0.25) is 0 Å². The lowest BCUT2D eigenvalue weighted by Crippen LogP contribution is -2.11. The summed E-state index contributed by atoms with van der Waals surface area (Å²) in [4.78, 5) is 12.2. The number of hydrogen-bond donors (Lipinski definition) is 1. The molecule has 70 valence electrons. The van der Waals surface area contributed by atoms with Crippen molar-refractivity contribution in [1.29, 1.82) is 0 Å². The normalized spacial score (nSPS) is 12.6. The number of rotatable bonds is 2. The van der Waals surface area contributed by atoms with Crippen LogP contribution in [0.3, 0.4) is 0 Å². The summed E-state index contributed by atoms with van der Waals surface area (Å²) >= 11 is 7.56. The van der Waals surface area contributed by atoms with E-state index in [0.29, 0.717) is 5.56 Å². The van der Waals surface area contributed by atoms with E-state index >= 15 is 0 Å². The number of alkyl halides is 1. The van der Waals surface area contributed by atoms with Gasteiger partial charge in [0.25, 0.3) is 0 Å². The van der Waals surface area contributed by atoms with Crippen molar-refractivity contribution in [2.75, 3.05) is 0 Å². The average Bonchev–Trinajstić information content (AvgIpc) is 2.08. The van der Waals surface area contributed by atoms with E-state index in [4.69, 9.17) is 0 Å². The Balaban J connectivity index is 3.15. The van der Waals surface area contributed by atoms with Crippen LogP contribution in [0.5, 0.6) is 0 Å². The van der Waals surface area contributed by atoms with Gasteiger partial charge in [-0.1, -0.05) is 34.1 Å². The quantitative estimate of drug-likeness (QED) is 0.490. The van der Waals surface area contributed by atoms with Crippen molar-refractivity contribution in [2.24, 2.45) is 0 Å². The van der Waals surface area contributed by atoms with Crippen LogP contribution in [0.15, 0.2) is 23.1 Å². The third kappa shape index (κ3) is 2.35. The van der Waals surface area contributed by atoms with Gasteiger partial charge in [-0.25, -0.2) is 0 Å². The van der Waals surface area contributed by atoms with E-state index in [1.807, 2.05) is 26.0 Å². The lowest BCUT2D eigenvalue weighted by Gasteiger charge is -2.07. The number of aryl methyl sites for hydroxylation is 1. The second kappa shape index (κ2) is 4.29. The summed E-state index contributed by atoms with van der Waals surface area (Å²) in [6, 6.07) is 5.62. The molecule has 1 nitrogen and oxygen atoms in total. The molecule has 1 aromatic rings. The van der Waals surface area contributed by atoms with Gasteiger partial charge in [0, 0.05) is 10.5 Å². The molecular weight excluding hydrogens is 248 g/mol. The number of carbonyl (C=O) groups excluding carboxylic acids is 1. The van der Waals surface area contributed by atoms with Crippen molar-refractivity contribution in [2.45, 2.75) is 23.6 Å². The maximum absolute atomic E-state index is 11.6. The van der Waals surface area contributed by atoms with Gasteiger partial charge in [-0.05, 0) is 19.4 Å². The fourth-order valence-electron chi connectivity index (χ4n) is 1.07. The zero-order valence-corrected chi connectivity index (χ0v) is 10.0. The standard InChI is InChI=1S/C10H11BrOS/c1-6-4-3-5-8(10(6)13)9(12)7(2)11/h3-5,7,13H,1-2H3. The van der Waals surface area contributed by atoms with Crippen molar-refractivity contribution in [3.05, 3.63) is 29.3 Å². The zero-order chi connectivity index (χ0) is 10.0. The van der Waals surface area contributed by atoms with Gasteiger partial charge in [0.05, 0.1) is 4.83 Å². The Labute approximate surface area is 92.1 Å². The SMILES string of the molecule is Cc1cccc(C(=O)C(C)Br)c1S. The van der Waals surface area contributed by atoms with Gasteiger partial charge >= 0.3 is 0 Å². The fraction of sp³-hybridized carbons (Fsp3) is 0.300. The Bertz CT molecular complexity index is 334. The number of carbonyl (C=O) groups is 1. The summed E-state index contributed by atoms with van der Waals surface area (Å²) < 4.78 is 0. The van der Waals surface area contributed by atoms with E-state index < -0.39 is 0 Å². The van der Waals surface area contributed by atoms with Crippen molar-refractivity contribution in [3.63, 3.8) is 0 Å². The minimum Gasteiger partial charge on any atom is -0.293 e. The van der Waals surface area contributed by atoms with Crippen LogP contribution < -0.4 is 0 Å². The molecule has 1 atom stereocenters. The number of halogens is 1. The Morgan fingerprint density at radius 2 is 2.15 bits per heavy atom. The molecule has 3 heteroatoms. The van der Waals surface area contributed by atoms with E-state index in [1.165, 1.54) is 0 Å². The highest BCUT2D eigenvalue weighted by atomic mass is 79.9. The first-order chi connectivity index (χ1) is 6.04. The Morgan fingerprint density at radius 1 is 1.54 bits per heavy atom. The first-order valence-corrected chi connectivity index (χ1v) is 5.37. The molecule has 0 amide bonds. The predicted octanol–water partition coefficient (Wildman–Crippen LogP) is 3.25. The molecule has 0 spiro atoms. The van der Waals surface area contributed by atoms with Crippen LogP contribution in [0.25, 0.3) is 0 Å². The summed E-state index contributed by atoms with van der Waals surface area (Å²) in [5.41, 5.74) is 1.72. The highest BCUT2D eigenvalue weighted by Gasteiger charge is 2.14. The maximum Gasteiger partial charge on any atom is 0.177 e. The molecule has 0 aliphatic rings. The minimum atomic E-state index is -0.153. The van der Waals surface area contributed by atoms with Crippen LogP contribution >= 0.6 is 28.6 Å². The molecule has 0 aliphatic heterocycles. The van der Waals surface area contributed by atoms with Crippen LogP contribution in [0, 0.1) is 6.92 Å². The first kappa shape index (κ1) is 10.8. The van der Waals surface area contributed by atoms with Gasteiger partial charge in [0.1, 0.15) is 0 Å². The molecule has 0 saturated carbocycles. The van der Waals surface area contributed by atoms with E-state index in [9.17, 15) is 4.79 Å². The molecule has 0 heterocycles. The second-order valence-electron chi connectivity index (χ2n) is 2.95. The smallest absolute Gasteiger partial charge is 0.177 e.